The molecular weight excluding hydrogens is 395 g/mol. The van der Waals surface area contributed by atoms with Crippen LogP contribution in [-0.2, 0) is 11.3 Å². The number of rotatable bonds is 6. The van der Waals surface area contributed by atoms with Crippen LogP contribution in [0.1, 0.15) is 61.6 Å². The van der Waals surface area contributed by atoms with E-state index in [9.17, 15) is 14.0 Å². The van der Waals surface area contributed by atoms with Gasteiger partial charge in [0.05, 0.1) is 19.0 Å². The van der Waals surface area contributed by atoms with Crippen LogP contribution in [0.3, 0.4) is 0 Å². The van der Waals surface area contributed by atoms with Crippen LogP contribution in [0.4, 0.5) is 4.39 Å². The van der Waals surface area contributed by atoms with Gasteiger partial charge in [-0.05, 0) is 55.2 Å². The van der Waals surface area contributed by atoms with Gasteiger partial charge in [-0.25, -0.2) is 4.39 Å². The molecule has 0 bridgehead atoms. The number of hydrogen-bond acceptors (Lipinski definition) is 3. The van der Waals surface area contributed by atoms with Crippen LogP contribution in [0.15, 0.2) is 48.5 Å². The summed E-state index contributed by atoms with van der Waals surface area (Å²) in [5.74, 6) is -0.415. The first-order chi connectivity index (χ1) is 14.6. The average Bonchev–Trinajstić information content (AvgIpc) is 2.71. The number of benzene rings is 2. The van der Waals surface area contributed by atoms with E-state index >= 15 is 0 Å². The van der Waals surface area contributed by atoms with Crippen molar-refractivity contribution in [2.45, 2.75) is 52.2 Å². The molecule has 0 unspecified atom stereocenters. The third-order valence-electron chi connectivity index (χ3n) is 6.02. The van der Waals surface area contributed by atoms with Crippen LogP contribution in [0.25, 0.3) is 0 Å². The predicted molar refractivity (Wildman–Crippen MR) is 118 cm³/mol. The number of nitrogens with one attached hydrogen (secondary N) is 3. The Morgan fingerprint density at radius 1 is 1.23 bits per heavy atom. The van der Waals surface area contributed by atoms with E-state index in [1.807, 2.05) is 33.8 Å². The summed E-state index contributed by atoms with van der Waals surface area (Å²) in [4.78, 5) is 26.8. The Morgan fingerprint density at radius 3 is 2.52 bits per heavy atom. The van der Waals surface area contributed by atoms with Crippen LogP contribution < -0.4 is 10.6 Å². The van der Waals surface area contributed by atoms with E-state index in [1.165, 1.54) is 17.0 Å². The highest BCUT2D eigenvalue weighted by Gasteiger charge is 2.40. The molecule has 0 radical (unpaired) electrons. The summed E-state index contributed by atoms with van der Waals surface area (Å²) in [7, 11) is 0. The number of nitrogens with zero attached hydrogens (tertiary/aromatic N) is 1. The molecule has 0 spiro atoms. The van der Waals surface area contributed by atoms with Gasteiger partial charge >= 0.3 is 0 Å². The molecule has 6 nitrogen and oxygen atoms in total. The molecule has 3 N–H and O–H groups in total. The highest BCUT2D eigenvalue weighted by molar-refractivity contribution is 5.99. The first-order valence-corrected chi connectivity index (χ1v) is 10.4. The Kier molecular flexibility index (Phi) is 6.43. The molecular formula is C24H29FN4O2. The summed E-state index contributed by atoms with van der Waals surface area (Å²) >= 11 is 0. The highest BCUT2D eigenvalue weighted by atomic mass is 19.1. The first-order valence-electron chi connectivity index (χ1n) is 10.4. The van der Waals surface area contributed by atoms with Crippen molar-refractivity contribution in [3.05, 3.63) is 71.0 Å². The summed E-state index contributed by atoms with van der Waals surface area (Å²) < 4.78 is 13.1. The average molecular weight is 425 g/mol. The van der Waals surface area contributed by atoms with E-state index in [1.54, 1.807) is 30.3 Å². The first kappa shape index (κ1) is 22.5. The minimum atomic E-state index is -0.442. The summed E-state index contributed by atoms with van der Waals surface area (Å²) in [6, 6.07) is 12.7. The number of carbonyl (C=O) groups is 2. The molecule has 7 heteroatoms. The lowest BCUT2D eigenvalue weighted by Gasteiger charge is -2.43. The Hall–Kier alpha value is -3.22. The molecule has 2 aromatic rings. The van der Waals surface area contributed by atoms with Crippen LogP contribution in [0.5, 0.6) is 0 Å². The molecule has 1 saturated heterocycles. The lowest BCUT2D eigenvalue weighted by atomic mass is 9.83. The second-order valence-electron chi connectivity index (χ2n) is 8.65. The van der Waals surface area contributed by atoms with Crippen molar-refractivity contribution in [1.82, 2.24) is 15.5 Å². The zero-order chi connectivity index (χ0) is 22.8. The number of amides is 2. The van der Waals surface area contributed by atoms with Gasteiger partial charge in [0.1, 0.15) is 5.82 Å². The summed E-state index contributed by atoms with van der Waals surface area (Å²) in [6.45, 7) is 8.05. The van der Waals surface area contributed by atoms with E-state index in [0.29, 0.717) is 12.0 Å². The standard InChI is InChI=1S/C24H29FN4O2/c1-15(2)24(4)13-21(30)29(23(26)28-24)14-17-6-5-7-19(12-17)22(31)27-16(3)18-8-10-20(25)11-9-18/h5-12,15-16H,13-14H2,1-4H3,(H2,26,28)(H,27,31)/t16-,24-/m0/s1. The molecule has 31 heavy (non-hydrogen) atoms. The van der Waals surface area contributed by atoms with Crippen molar-refractivity contribution in [3.8, 4) is 0 Å². The van der Waals surface area contributed by atoms with Crippen LogP contribution in [-0.4, -0.2) is 28.2 Å². The highest BCUT2D eigenvalue weighted by Crippen LogP contribution is 2.26. The fraction of sp³-hybridized carbons (Fsp3) is 0.375. The lowest BCUT2D eigenvalue weighted by Crippen LogP contribution is -2.62. The van der Waals surface area contributed by atoms with E-state index < -0.39 is 5.54 Å². The van der Waals surface area contributed by atoms with E-state index in [0.717, 1.165) is 11.1 Å². The molecule has 2 atom stereocenters. The van der Waals surface area contributed by atoms with E-state index in [4.69, 9.17) is 5.41 Å². The molecule has 0 aromatic heterocycles. The molecule has 2 aromatic carbocycles. The molecule has 0 aliphatic carbocycles. The molecule has 1 aliphatic rings. The van der Waals surface area contributed by atoms with Crippen LogP contribution in [0.2, 0.25) is 0 Å². The van der Waals surface area contributed by atoms with Gasteiger partial charge in [0.25, 0.3) is 5.91 Å². The van der Waals surface area contributed by atoms with Crippen molar-refractivity contribution in [3.63, 3.8) is 0 Å². The maximum absolute atomic E-state index is 13.1. The minimum Gasteiger partial charge on any atom is -0.350 e. The van der Waals surface area contributed by atoms with Gasteiger partial charge in [-0.2, -0.15) is 0 Å². The Bertz CT molecular complexity index is 969. The molecule has 2 amide bonds. The van der Waals surface area contributed by atoms with Gasteiger partial charge in [-0.1, -0.05) is 38.1 Å². The van der Waals surface area contributed by atoms with Crippen molar-refractivity contribution < 1.29 is 14.0 Å². The second kappa shape index (κ2) is 8.88. The molecule has 1 fully saturated rings. The number of halogens is 1. The fourth-order valence-electron chi connectivity index (χ4n) is 3.54. The number of carbonyl (C=O) groups excluding carboxylic acids is 2. The van der Waals surface area contributed by atoms with Crippen molar-refractivity contribution >= 4 is 17.8 Å². The quantitative estimate of drug-likeness (QED) is 0.656. The normalized spacial score (nSPS) is 19.9. The van der Waals surface area contributed by atoms with Crippen molar-refractivity contribution in [1.29, 1.82) is 5.41 Å². The van der Waals surface area contributed by atoms with Gasteiger partial charge < -0.3 is 10.6 Å². The molecule has 3 rings (SSSR count). The molecule has 1 heterocycles. The molecule has 0 saturated carbocycles. The SMILES string of the molecule is CC(C)[C@]1(C)CC(=O)N(Cc2cccc(C(=O)N[C@@H](C)c3ccc(F)cc3)c2)C(=N)N1. The summed E-state index contributed by atoms with van der Waals surface area (Å²) in [6.07, 6.45) is 0.308. The van der Waals surface area contributed by atoms with Gasteiger partial charge in [-0.3, -0.25) is 19.9 Å². The molecule has 164 valence electrons. The number of hydrogen-bond donors (Lipinski definition) is 3. The lowest BCUT2D eigenvalue weighted by molar-refractivity contribution is -0.131. The second-order valence-corrected chi connectivity index (χ2v) is 8.65. The largest absolute Gasteiger partial charge is 0.350 e. The summed E-state index contributed by atoms with van der Waals surface area (Å²) in [5.41, 5.74) is 1.58. The zero-order valence-corrected chi connectivity index (χ0v) is 18.3. The third-order valence-corrected chi connectivity index (χ3v) is 6.02. The van der Waals surface area contributed by atoms with Crippen molar-refractivity contribution in [2.75, 3.05) is 0 Å². The molecule has 1 aliphatic heterocycles. The van der Waals surface area contributed by atoms with E-state index in [-0.39, 0.29) is 42.1 Å². The predicted octanol–water partition coefficient (Wildman–Crippen LogP) is 3.99. The maximum atomic E-state index is 13.1. The topological polar surface area (TPSA) is 85.3 Å². The van der Waals surface area contributed by atoms with Gasteiger partial charge in [0.2, 0.25) is 5.91 Å². The van der Waals surface area contributed by atoms with E-state index in [2.05, 4.69) is 10.6 Å². The van der Waals surface area contributed by atoms with Gasteiger partial charge in [0.15, 0.2) is 5.96 Å². The third kappa shape index (κ3) is 5.10. The smallest absolute Gasteiger partial charge is 0.251 e. The van der Waals surface area contributed by atoms with Crippen LogP contribution >= 0.6 is 0 Å². The van der Waals surface area contributed by atoms with Crippen LogP contribution in [0, 0.1) is 17.1 Å². The van der Waals surface area contributed by atoms with Crippen molar-refractivity contribution in [2.24, 2.45) is 5.92 Å². The Balaban J connectivity index is 1.69. The minimum absolute atomic E-state index is 0.0761. The van der Waals surface area contributed by atoms with Gasteiger partial charge in [-0.15, -0.1) is 0 Å². The zero-order valence-electron chi connectivity index (χ0n) is 18.3. The maximum Gasteiger partial charge on any atom is 0.251 e. The van der Waals surface area contributed by atoms with Gasteiger partial charge in [0, 0.05) is 11.1 Å². The Labute approximate surface area is 182 Å². The monoisotopic (exact) mass is 424 g/mol. The summed E-state index contributed by atoms with van der Waals surface area (Å²) in [5, 5.41) is 14.4. The Morgan fingerprint density at radius 2 is 1.90 bits per heavy atom. The number of guanidine groups is 1. The fourth-order valence-corrected chi connectivity index (χ4v) is 3.54.